The number of benzene rings is 1. The number of primary amides is 1. The Labute approximate surface area is 177 Å². The van der Waals surface area contributed by atoms with Crippen LogP contribution in [0.25, 0.3) is 11.2 Å². The first-order valence-electron chi connectivity index (χ1n) is 10.4. The van der Waals surface area contributed by atoms with Gasteiger partial charge in [-0.3, -0.25) is 13.9 Å². The lowest BCUT2D eigenvalue weighted by Gasteiger charge is -2.22. The number of nitrogens with one attached hydrogen (secondary N) is 1. The molecular weight excluding hydrogens is 403 g/mol. The van der Waals surface area contributed by atoms with Crippen molar-refractivity contribution in [3.63, 3.8) is 0 Å². The van der Waals surface area contributed by atoms with E-state index in [4.69, 9.17) is 10.5 Å². The van der Waals surface area contributed by atoms with Crippen LogP contribution in [0, 0.1) is 12.7 Å². The second kappa shape index (κ2) is 7.45. The van der Waals surface area contributed by atoms with Gasteiger partial charge in [-0.25, -0.2) is 14.2 Å². The minimum Gasteiger partial charge on any atom is -0.381 e. The van der Waals surface area contributed by atoms with Crippen LogP contribution in [0.4, 0.5) is 16.0 Å². The van der Waals surface area contributed by atoms with E-state index in [-0.39, 0.29) is 29.3 Å². The summed E-state index contributed by atoms with van der Waals surface area (Å²) in [5.74, 6) is -1.30. The predicted octanol–water partition coefficient (Wildman–Crippen LogP) is 2.57. The van der Waals surface area contributed by atoms with E-state index in [1.807, 2.05) is 0 Å². The summed E-state index contributed by atoms with van der Waals surface area (Å²) >= 11 is 0. The lowest BCUT2D eigenvalue weighted by Crippen LogP contribution is -2.30. The molecule has 3 N–H and O–H groups in total. The molecule has 1 aromatic carbocycles. The molecule has 1 aliphatic heterocycles. The topological polar surface area (TPSA) is 117 Å². The molecule has 0 unspecified atom stereocenters. The molecule has 2 fully saturated rings. The van der Waals surface area contributed by atoms with Crippen molar-refractivity contribution in [2.75, 3.05) is 18.5 Å². The normalized spacial score (nSPS) is 17.2. The number of nitrogens with zero attached hydrogens (tertiary/aromatic N) is 4. The summed E-state index contributed by atoms with van der Waals surface area (Å²) in [5, 5.41) is 3.01. The first-order valence-corrected chi connectivity index (χ1v) is 10.4. The van der Waals surface area contributed by atoms with Gasteiger partial charge in [-0.05, 0) is 50.3 Å². The number of hydrogen-bond acceptors (Lipinski definition) is 6. The quantitative estimate of drug-likeness (QED) is 0.648. The van der Waals surface area contributed by atoms with Crippen LogP contribution >= 0.6 is 0 Å². The third kappa shape index (κ3) is 3.46. The van der Waals surface area contributed by atoms with Gasteiger partial charge >= 0.3 is 5.69 Å². The van der Waals surface area contributed by atoms with E-state index in [0.717, 1.165) is 25.7 Å². The molecule has 1 amide bonds. The van der Waals surface area contributed by atoms with Crippen LogP contribution in [0.5, 0.6) is 0 Å². The molecule has 0 atom stereocenters. The van der Waals surface area contributed by atoms with E-state index >= 15 is 0 Å². The van der Waals surface area contributed by atoms with Crippen LogP contribution in [0.2, 0.25) is 0 Å². The predicted molar refractivity (Wildman–Crippen MR) is 112 cm³/mol. The maximum absolute atomic E-state index is 14.3. The Morgan fingerprint density at radius 3 is 2.58 bits per heavy atom. The summed E-state index contributed by atoms with van der Waals surface area (Å²) in [5.41, 5.74) is 7.29. The number of carbonyl (C=O) groups excluding carboxylic acids is 1. The monoisotopic (exact) mass is 426 g/mol. The highest BCUT2D eigenvalue weighted by Gasteiger charge is 2.32. The largest absolute Gasteiger partial charge is 0.381 e. The summed E-state index contributed by atoms with van der Waals surface area (Å²) in [7, 11) is 0. The van der Waals surface area contributed by atoms with Gasteiger partial charge in [0, 0.05) is 31.0 Å². The maximum atomic E-state index is 14.3. The van der Waals surface area contributed by atoms with E-state index in [0.29, 0.717) is 35.6 Å². The first-order chi connectivity index (χ1) is 14.9. The lowest BCUT2D eigenvalue weighted by atomic mass is 10.1. The molecule has 0 bridgehead atoms. The number of fused-ring (bicyclic) bond motifs is 1. The maximum Gasteiger partial charge on any atom is 0.330 e. The first kappa shape index (κ1) is 19.7. The van der Waals surface area contributed by atoms with Gasteiger partial charge in [0.25, 0.3) is 5.91 Å². The second-order valence-electron chi connectivity index (χ2n) is 8.14. The van der Waals surface area contributed by atoms with Crippen molar-refractivity contribution in [1.82, 2.24) is 19.1 Å². The molecule has 162 valence electrons. The van der Waals surface area contributed by atoms with Gasteiger partial charge < -0.3 is 15.8 Å². The Hall–Kier alpha value is -3.27. The van der Waals surface area contributed by atoms with Crippen LogP contribution < -0.4 is 16.7 Å². The van der Waals surface area contributed by atoms with E-state index in [2.05, 4.69) is 15.3 Å². The van der Waals surface area contributed by atoms with Gasteiger partial charge in [-0.15, -0.1) is 0 Å². The van der Waals surface area contributed by atoms with Gasteiger partial charge in [0.1, 0.15) is 11.3 Å². The van der Waals surface area contributed by atoms with Crippen molar-refractivity contribution in [1.29, 1.82) is 0 Å². The number of hydrogen-bond donors (Lipinski definition) is 2. The lowest BCUT2D eigenvalue weighted by molar-refractivity contribution is 0.0694. The standard InChI is InChI=1S/C21H23FN6O3/c1-11-8-14(18(23)29)15(22)9-16(11)25-20-24-10-17-19(26-20)28(13-4-6-31-7-5-13)21(30)27(17)12-2-3-12/h8-10,12-13H,2-7H2,1H3,(H2,23,29)(H,24,25,26). The van der Waals surface area contributed by atoms with E-state index in [1.54, 1.807) is 22.3 Å². The minimum absolute atomic E-state index is 0.0144. The van der Waals surface area contributed by atoms with Gasteiger partial charge in [0.15, 0.2) is 5.65 Å². The molecule has 0 spiro atoms. The van der Waals surface area contributed by atoms with Gasteiger partial charge in [0.2, 0.25) is 5.95 Å². The zero-order chi connectivity index (χ0) is 21.7. The van der Waals surface area contributed by atoms with E-state index < -0.39 is 11.7 Å². The summed E-state index contributed by atoms with van der Waals surface area (Å²) in [6, 6.07) is 2.79. The molecule has 5 rings (SSSR count). The molecule has 9 nitrogen and oxygen atoms in total. The number of aryl methyl sites for hydroxylation is 1. The molecule has 2 aromatic heterocycles. The van der Waals surface area contributed by atoms with Crippen LogP contribution in [0.1, 0.15) is 53.7 Å². The molecule has 3 heterocycles. The number of anilines is 2. The Kier molecular flexibility index (Phi) is 4.73. The van der Waals surface area contributed by atoms with E-state index in [1.165, 1.54) is 12.1 Å². The molecule has 1 saturated carbocycles. The number of imidazole rings is 1. The van der Waals surface area contributed by atoms with Crippen molar-refractivity contribution in [3.8, 4) is 0 Å². The van der Waals surface area contributed by atoms with Crippen molar-refractivity contribution in [2.45, 2.75) is 44.7 Å². The number of nitrogens with two attached hydrogens (primary N) is 1. The Morgan fingerprint density at radius 2 is 1.90 bits per heavy atom. The molecular formula is C21H23FN6O3. The van der Waals surface area contributed by atoms with Crippen LogP contribution in [0.3, 0.4) is 0 Å². The van der Waals surface area contributed by atoms with Gasteiger partial charge in [0.05, 0.1) is 11.8 Å². The SMILES string of the molecule is Cc1cc(C(N)=O)c(F)cc1Nc1ncc2c(n1)n(C1CCOCC1)c(=O)n2C1CC1. The molecule has 1 aliphatic carbocycles. The number of amides is 1. The second-order valence-corrected chi connectivity index (χ2v) is 8.14. The Bertz CT molecular complexity index is 1240. The van der Waals surface area contributed by atoms with Crippen LogP contribution in [-0.2, 0) is 4.74 Å². The fourth-order valence-electron chi connectivity index (χ4n) is 4.17. The van der Waals surface area contributed by atoms with E-state index in [9.17, 15) is 14.0 Å². The fraction of sp³-hybridized carbons (Fsp3) is 0.429. The molecule has 0 radical (unpaired) electrons. The summed E-state index contributed by atoms with van der Waals surface area (Å²) in [6.45, 7) is 2.94. The van der Waals surface area contributed by atoms with Crippen LogP contribution in [0.15, 0.2) is 23.1 Å². The number of aromatic nitrogens is 4. The third-order valence-corrected chi connectivity index (χ3v) is 5.94. The number of ether oxygens (including phenoxy) is 1. The zero-order valence-corrected chi connectivity index (χ0v) is 17.1. The smallest absolute Gasteiger partial charge is 0.330 e. The van der Waals surface area contributed by atoms with Crippen LogP contribution in [-0.4, -0.2) is 38.2 Å². The highest BCUT2D eigenvalue weighted by atomic mass is 19.1. The summed E-state index contributed by atoms with van der Waals surface area (Å²) in [6.07, 6.45) is 5.07. The molecule has 31 heavy (non-hydrogen) atoms. The average Bonchev–Trinajstić information content (AvgIpc) is 3.53. The highest BCUT2D eigenvalue weighted by Crippen LogP contribution is 2.37. The zero-order valence-electron chi connectivity index (χ0n) is 17.1. The molecule has 1 saturated heterocycles. The summed E-state index contributed by atoms with van der Waals surface area (Å²) < 4.78 is 23.3. The van der Waals surface area contributed by atoms with Crippen molar-refractivity contribution in [2.24, 2.45) is 5.73 Å². The van der Waals surface area contributed by atoms with Gasteiger partial charge in [-0.2, -0.15) is 4.98 Å². The number of carbonyl (C=O) groups is 1. The summed E-state index contributed by atoms with van der Waals surface area (Å²) in [4.78, 5) is 33.6. The number of rotatable bonds is 5. The Balaban J connectivity index is 1.58. The molecule has 2 aliphatic rings. The van der Waals surface area contributed by atoms with Crippen molar-refractivity contribution < 1.29 is 13.9 Å². The average molecular weight is 426 g/mol. The van der Waals surface area contributed by atoms with Gasteiger partial charge in [-0.1, -0.05) is 0 Å². The molecule has 3 aromatic rings. The highest BCUT2D eigenvalue weighted by molar-refractivity contribution is 5.94. The van der Waals surface area contributed by atoms with Crippen molar-refractivity contribution in [3.05, 3.63) is 45.8 Å². The number of halogens is 1. The fourth-order valence-corrected chi connectivity index (χ4v) is 4.17. The molecule has 10 heteroatoms. The third-order valence-electron chi connectivity index (χ3n) is 5.94. The Morgan fingerprint density at radius 1 is 1.19 bits per heavy atom. The minimum atomic E-state index is -0.827. The van der Waals surface area contributed by atoms with Crippen molar-refractivity contribution >= 4 is 28.7 Å².